The Morgan fingerprint density at radius 2 is 2.05 bits per heavy atom. The van der Waals surface area contributed by atoms with Gasteiger partial charge in [-0.15, -0.1) is 11.3 Å². The Balaban J connectivity index is 2.03. The Kier molecular flexibility index (Phi) is 5.70. The fraction of sp³-hybridized carbons (Fsp3) is 0.667. The fourth-order valence-electron chi connectivity index (χ4n) is 1.89. The van der Waals surface area contributed by atoms with Crippen LogP contribution in [0.4, 0.5) is 0 Å². The van der Waals surface area contributed by atoms with Crippen molar-refractivity contribution in [3.8, 4) is 0 Å². The molecule has 0 unspecified atom stereocenters. The summed E-state index contributed by atoms with van der Waals surface area (Å²) in [6, 6.07) is 3.66. The van der Waals surface area contributed by atoms with Gasteiger partial charge >= 0.3 is 0 Å². The number of nitrogens with zero attached hydrogens (tertiary/aromatic N) is 1. The van der Waals surface area contributed by atoms with Gasteiger partial charge in [-0.2, -0.15) is 16.1 Å². The molecule has 0 amide bonds. The van der Waals surface area contributed by atoms with E-state index in [0.717, 1.165) is 35.9 Å². The van der Waals surface area contributed by atoms with Crippen molar-refractivity contribution in [2.45, 2.75) is 24.1 Å². The summed E-state index contributed by atoms with van der Waals surface area (Å²) in [5.41, 5.74) is 0. The van der Waals surface area contributed by atoms with Gasteiger partial charge in [-0.3, -0.25) is 0 Å². The van der Waals surface area contributed by atoms with Crippen molar-refractivity contribution in [2.24, 2.45) is 0 Å². The minimum atomic E-state index is -3.26. The molecule has 19 heavy (non-hydrogen) atoms. The minimum Gasteiger partial charge on any atom is -0.312 e. The van der Waals surface area contributed by atoms with Crippen LogP contribution in [0.3, 0.4) is 0 Å². The average Bonchev–Trinajstić information content (AvgIpc) is 2.90. The van der Waals surface area contributed by atoms with E-state index in [0.29, 0.717) is 17.3 Å². The number of hydrogen-bond acceptors (Lipinski definition) is 5. The predicted molar refractivity (Wildman–Crippen MR) is 82.4 cm³/mol. The van der Waals surface area contributed by atoms with Gasteiger partial charge in [0.15, 0.2) is 0 Å². The van der Waals surface area contributed by atoms with Crippen molar-refractivity contribution < 1.29 is 8.42 Å². The van der Waals surface area contributed by atoms with Crippen LogP contribution in [-0.4, -0.2) is 43.9 Å². The summed E-state index contributed by atoms with van der Waals surface area (Å²) in [4.78, 5) is 1.08. The van der Waals surface area contributed by atoms with E-state index in [1.807, 2.05) is 17.8 Å². The molecule has 1 aromatic heterocycles. The van der Waals surface area contributed by atoms with Gasteiger partial charge in [0, 0.05) is 36.0 Å². The lowest BCUT2D eigenvalue weighted by molar-refractivity contribution is 0.445. The van der Waals surface area contributed by atoms with Gasteiger partial charge in [-0.1, -0.05) is 6.92 Å². The molecular formula is C12H20N2O2S3. The van der Waals surface area contributed by atoms with Gasteiger partial charge in [-0.05, 0) is 25.1 Å². The molecule has 2 rings (SSSR count). The summed E-state index contributed by atoms with van der Waals surface area (Å²) in [5, 5.41) is 3.29. The molecule has 0 bridgehead atoms. The summed E-state index contributed by atoms with van der Waals surface area (Å²) < 4.78 is 27.0. The average molecular weight is 321 g/mol. The topological polar surface area (TPSA) is 49.4 Å². The van der Waals surface area contributed by atoms with Crippen molar-refractivity contribution >= 4 is 33.1 Å². The second-order valence-corrected chi connectivity index (χ2v) is 8.97. The molecule has 4 nitrogen and oxygen atoms in total. The van der Waals surface area contributed by atoms with Gasteiger partial charge < -0.3 is 5.32 Å². The number of rotatable bonds is 6. The number of thiophene rings is 1. The first-order valence-corrected chi connectivity index (χ1v) is 9.93. The first-order chi connectivity index (χ1) is 9.14. The van der Waals surface area contributed by atoms with Crippen LogP contribution in [0.5, 0.6) is 0 Å². The molecular weight excluding hydrogens is 300 g/mol. The highest BCUT2D eigenvalue weighted by Gasteiger charge is 2.27. The summed E-state index contributed by atoms with van der Waals surface area (Å²) in [6.07, 6.45) is 1.09. The van der Waals surface area contributed by atoms with Crippen molar-refractivity contribution in [1.82, 2.24) is 9.62 Å². The smallest absolute Gasteiger partial charge is 0.252 e. The molecule has 1 aliphatic rings. The van der Waals surface area contributed by atoms with Crippen molar-refractivity contribution in [1.29, 1.82) is 0 Å². The van der Waals surface area contributed by atoms with Gasteiger partial charge in [-0.25, -0.2) is 8.42 Å². The second-order valence-electron chi connectivity index (χ2n) is 4.41. The number of nitrogens with one attached hydrogen (secondary N) is 1. The molecule has 0 radical (unpaired) electrons. The normalized spacial score (nSPS) is 17.7. The summed E-state index contributed by atoms with van der Waals surface area (Å²) in [5.74, 6) is 1.80. The van der Waals surface area contributed by atoms with E-state index in [2.05, 4.69) is 12.2 Å². The van der Waals surface area contributed by atoms with Crippen LogP contribution in [0.1, 0.15) is 18.2 Å². The quantitative estimate of drug-likeness (QED) is 0.814. The highest BCUT2D eigenvalue weighted by atomic mass is 32.2. The number of hydrogen-bond donors (Lipinski definition) is 1. The van der Waals surface area contributed by atoms with E-state index < -0.39 is 10.0 Å². The Morgan fingerprint density at radius 3 is 2.74 bits per heavy atom. The lowest BCUT2D eigenvalue weighted by atomic mass is 10.4. The molecule has 1 N–H and O–H groups in total. The zero-order valence-corrected chi connectivity index (χ0v) is 13.5. The van der Waals surface area contributed by atoms with Crippen molar-refractivity contribution in [2.75, 3.05) is 31.1 Å². The van der Waals surface area contributed by atoms with Crippen LogP contribution < -0.4 is 5.32 Å². The highest BCUT2D eigenvalue weighted by molar-refractivity contribution is 7.99. The maximum absolute atomic E-state index is 12.4. The largest absolute Gasteiger partial charge is 0.312 e. The van der Waals surface area contributed by atoms with Gasteiger partial charge in [0.25, 0.3) is 10.0 Å². The molecule has 0 spiro atoms. The standard InChI is InChI=1S/C12H20N2O2S3/c1-2-5-13-10-11-3-4-12(18-11)19(15,16)14-6-8-17-9-7-14/h3-4,13H,2,5-10H2,1H3. The van der Waals surface area contributed by atoms with Gasteiger partial charge in [0.1, 0.15) is 4.21 Å². The molecule has 1 aromatic rings. The molecule has 0 aromatic carbocycles. The molecule has 1 saturated heterocycles. The van der Waals surface area contributed by atoms with Crippen LogP contribution in [0, 0.1) is 0 Å². The Bertz CT molecular complexity index is 493. The Morgan fingerprint density at radius 1 is 1.32 bits per heavy atom. The van der Waals surface area contributed by atoms with Crippen LogP contribution >= 0.6 is 23.1 Å². The monoisotopic (exact) mass is 320 g/mol. The lowest BCUT2D eigenvalue weighted by Gasteiger charge is -2.24. The van der Waals surface area contributed by atoms with E-state index in [1.165, 1.54) is 11.3 Å². The van der Waals surface area contributed by atoms with Gasteiger partial charge in [0.05, 0.1) is 0 Å². The van der Waals surface area contributed by atoms with Crippen molar-refractivity contribution in [3.05, 3.63) is 17.0 Å². The van der Waals surface area contributed by atoms with Gasteiger partial charge in [0.2, 0.25) is 0 Å². The first kappa shape index (κ1) is 15.3. The molecule has 7 heteroatoms. The van der Waals surface area contributed by atoms with Crippen molar-refractivity contribution in [3.63, 3.8) is 0 Å². The van der Waals surface area contributed by atoms with Crippen LogP contribution in [0.25, 0.3) is 0 Å². The van der Waals surface area contributed by atoms with Crippen LogP contribution in [0.2, 0.25) is 0 Å². The SMILES string of the molecule is CCCNCc1ccc(S(=O)(=O)N2CCSCC2)s1. The predicted octanol–water partition coefficient (Wildman–Crippen LogP) is 1.99. The zero-order chi connectivity index (χ0) is 13.7. The maximum Gasteiger partial charge on any atom is 0.252 e. The molecule has 0 atom stereocenters. The van der Waals surface area contributed by atoms with E-state index in [-0.39, 0.29) is 0 Å². The fourth-order valence-corrected chi connectivity index (χ4v) is 5.95. The van der Waals surface area contributed by atoms with E-state index >= 15 is 0 Å². The van der Waals surface area contributed by atoms with E-state index in [4.69, 9.17) is 0 Å². The molecule has 2 heterocycles. The summed E-state index contributed by atoms with van der Waals surface area (Å²) in [6.45, 7) is 5.10. The first-order valence-electron chi connectivity index (χ1n) is 6.52. The zero-order valence-electron chi connectivity index (χ0n) is 11.1. The molecule has 1 aliphatic heterocycles. The molecule has 0 aliphatic carbocycles. The maximum atomic E-state index is 12.4. The molecule has 1 fully saturated rings. The Hall–Kier alpha value is -0.0800. The molecule has 0 saturated carbocycles. The highest BCUT2D eigenvalue weighted by Crippen LogP contribution is 2.26. The minimum absolute atomic E-state index is 0.479. The van der Waals surface area contributed by atoms with E-state index in [1.54, 1.807) is 10.4 Å². The third-order valence-corrected chi connectivity index (χ3v) is 7.32. The number of sulfonamides is 1. The lowest BCUT2D eigenvalue weighted by Crippen LogP contribution is -2.37. The second kappa shape index (κ2) is 7.08. The van der Waals surface area contributed by atoms with E-state index in [9.17, 15) is 8.42 Å². The summed E-state index contributed by atoms with van der Waals surface area (Å²) in [7, 11) is -3.26. The number of thioether (sulfide) groups is 1. The Labute approximate surface area is 123 Å². The van der Waals surface area contributed by atoms with Crippen LogP contribution in [-0.2, 0) is 16.6 Å². The van der Waals surface area contributed by atoms with Crippen LogP contribution in [0.15, 0.2) is 16.3 Å². The molecule has 108 valence electrons. The third kappa shape index (κ3) is 3.95. The summed E-state index contributed by atoms with van der Waals surface area (Å²) >= 11 is 3.20. The third-order valence-electron chi connectivity index (χ3n) is 2.93.